The van der Waals surface area contributed by atoms with Crippen molar-refractivity contribution in [3.05, 3.63) is 28.5 Å². The highest BCUT2D eigenvalue weighted by molar-refractivity contribution is 9.10. The van der Waals surface area contributed by atoms with Crippen molar-refractivity contribution >= 4 is 21.6 Å². The Morgan fingerprint density at radius 1 is 1.06 bits per heavy atom. The maximum Gasteiger partial charge on any atom is 0.146 e. The molecule has 0 radical (unpaired) electrons. The zero-order chi connectivity index (χ0) is 13.2. The van der Waals surface area contributed by atoms with Gasteiger partial charge in [-0.05, 0) is 24.6 Å². The van der Waals surface area contributed by atoms with E-state index in [2.05, 4.69) is 28.2 Å². The van der Waals surface area contributed by atoms with Crippen LogP contribution in [0, 0.1) is 5.82 Å². The van der Waals surface area contributed by atoms with E-state index in [-0.39, 0.29) is 5.82 Å². The maximum absolute atomic E-state index is 13.4. The molecule has 0 saturated carbocycles. The molecule has 0 fully saturated rings. The third-order valence-electron chi connectivity index (χ3n) is 3.02. The van der Waals surface area contributed by atoms with Gasteiger partial charge in [0.25, 0.3) is 0 Å². The van der Waals surface area contributed by atoms with E-state index in [1.54, 1.807) is 12.1 Å². The molecule has 0 aliphatic rings. The van der Waals surface area contributed by atoms with Gasteiger partial charge >= 0.3 is 0 Å². The van der Waals surface area contributed by atoms with Gasteiger partial charge in [0.15, 0.2) is 0 Å². The van der Waals surface area contributed by atoms with Crippen LogP contribution >= 0.6 is 15.9 Å². The summed E-state index contributed by atoms with van der Waals surface area (Å²) in [6.07, 6.45) is 8.96. The van der Waals surface area contributed by atoms with Gasteiger partial charge in [0.05, 0.1) is 5.69 Å². The Morgan fingerprint density at radius 2 is 1.72 bits per heavy atom. The fraction of sp³-hybridized carbons (Fsp3) is 0.600. The van der Waals surface area contributed by atoms with Gasteiger partial charge in [-0.25, -0.2) is 4.39 Å². The Labute approximate surface area is 118 Å². The van der Waals surface area contributed by atoms with Crippen LogP contribution in [0.5, 0.6) is 0 Å². The molecule has 1 aromatic carbocycles. The number of hydrogen-bond acceptors (Lipinski definition) is 1. The van der Waals surface area contributed by atoms with Gasteiger partial charge in [0, 0.05) is 11.0 Å². The van der Waals surface area contributed by atoms with E-state index in [1.807, 2.05) is 0 Å². The van der Waals surface area contributed by atoms with Crippen molar-refractivity contribution in [2.75, 3.05) is 11.9 Å². The predicted octanol–water partition coefficient (Wildman–Crippen LogP) is 5.75. The van der Waals surface area contributed by atoms with Crippen molar-refractivity contribution < 1.29 is 4.39 Å². The number of hydrogen-bond donors (Lipinski definition) is 1. The molecule has 0 heterocycles. The number of halogens is 2. The lowest BCUT2D eigenvalue weighted by Gasteiger charge is -2.08. The smallest absolute Gasteiger partial charge is 0.146 e. The first kappa shape index (κ1) is 15.5. The van der Waals surface area contributed by atoms with E-state index in [1.165, 1.54) is 44.6 Å². The lowest BCUT2D eigenvalue weighted by atomic mass is 10.1. The standard InChI is InChI=1S/C15H23BrFN/c1-2-3-4-5-6-7-8-11-18-15-12-13(16)9-10-14(15)17/h9-10,12,18H,2-8,11H2,1H3. The Balaban J connectivity index is 2.09. The van der Waals surface area contributed by atoms with Crippen LogP contribution in [0.2, 0.25) is 0 Å². The second-order valence-electron chi connectivity index (χ2n) is 4.67. The Kier molecular flexibility index (Phi) is 8.06. The second-order valence-corrected chi connectivity index (χ2v) is 5.59. The van der Waals surface area contributed by atoms with E-state index in [4.69, 9.17) is 0 Å². The predicted molar refractivity (Wildman–Crippen MR) is 80.6 cm³/mol. The van der Waals surface area contributed by atoms with Crippen molar-refractivity contribution in [2.45, 2.75) is 51.9 Å². The molecule has 102 valence electrons. The van der Waals surface area contributed by atoms with E-state index in [9.17, 15) is 4.39 Å². The van der Waals surface area contributed by atoms with Crippen molar-refractivity contribution in [1.82, 2.24) is 0 Å². The fourth-order valence-corrected chi connectivity index (χ4v) is 2.30. The SMILES string of the molecule is CCCCCCCCCNc1cc(Br)ccc1F. The highest BCUT2D eigenvalue weighted by Crippen LogP contribution is 2.20. The monoisotopic (exact) mass is 315 g/mol. The van der Waals surface area contributed by atoms with E-state index in [0.717, 1.165) is 17.4 Å². The van der Waals surface area contributed by atoms with E-state index < -0.39 is 0 Å². The Morgan fingerprint density at radius 3 is 2.44 bits per heavy atom. The average Bonchev–Trinajstić information content (AvgIpc) is 2.36. The molecule has 1 N–H and O–H groups in total. The minimum absolute atomic E-state index is 0.179. The quantitative estimate of drug-likeness (QED) is 0.572. The number of nitrogens with one attached hydrogen (secondary N) is 1. The van der Waals surface area contributed by atoms with Gasteiger partial charge in [-0.1, -0.05) is 61.4 Å². The van der Waals surface area contributed by atoms with Crippen molar-refractivity contribution in [2.24, 2.45) is 0 Å². The Bertz CT molecular complexity index is 341. The maximum atomic E-state index is 13.4. The summed E-state index contributed by atoms with van der Waals surface area (Å²) in [4.78, 5) is 0. The first-order valence-electron chi connectivity index (χ1n) is 6.93. The molecule has 0 saturated heterocycles. The molecule has 1 aromatic rings. The molecule has 3 heteroatoms. The molecule has 1 rings (SSSR count). The van der Waals surface area contributed by atoms with Crippen LogP contribution in [0.15, 0.2) is 22.7 Å². The third kappa shape index (κ3) is 6.39. The molecule has 1 nitrogen and oxygen atoms in total. The zero-order valence-corrected chi connectivity index (χ0v) is 12.7. The van der Waals surface area contributed by atoms with Crippen LogP contribution in [-0.4, -0.2) is 6.54 Å². The van der Waals surface area contributed by atoms with E-state index in [0.29, 0.717) is 5.69 Å². The van der Waals surface area contributed by atoms with Crippen LogP contribution in [0.25, 0.3) is 0 Å². The number of rotatable bonds is 9. The topological polar surface area (TPSA) is 12.0 Å². The average molecular weight is 316 g/mol. The van der Waals surface area contributed by atoms with Gasteiger partial charge < -0.3 is 5.32 Å². The molecule has 0 unspecified atom stereocenters. The first-order valence-corrected chi connectivity index (χ1v) is 7.72. The summed E-state index contributed by atoms with van der Waals surface area (Å²) in [6, 6.07) is 4.99. The van der Waals surface area contributed by atoms with Gasteiger partial charge in [0.1, 0.15) is 5.82 Å². The Hall–Kier alpha value is -0.570. The van der Waals surface area contributed by atoms with Gasteiger partial charge in [-0.15, -0.1) is 0 Å². The molecule has 0 aliphatic heterocycles. The molecule has 0 aromatic heterocycles. The van der Waals surface area contributed by atoms with Gasteiger partial charge in [-0.3, -0.25) is 0 Å². The molecule has 0 aliphatic carbocycles. The summed E-state index contributed by atoms with van der Waals surface area (Å²) < 4.78 is 14.3. The van der Waals surface area contributed by atoms with E-state index >= 15 is 0 Å². The van der Waals surface area contributed by atoms with Crippen LogP contribution < -0.4 is 5.32 Å². The molecule has 0 bridgehead atoms. The number of unbranched alkanes of at least 4 members (excludes halogenated alkanes) is 6. The summed E-state index contributed by atoms with van der Waals surface area (Å²) in [5.41, 5.74) is 0.593. The summed E-state index contributed by atoms with van der Waals surface area (Å²) in [5, 5.41) is 3.15. The highest BCUT2D eigenvalue weighted by atomic mass is 79.9. The van der Waals surface area contributed by atoms with Gasteiger partial charge in [-0.2, -0.15) is 0 Å². The molecule has 0 amide bonds. The minimum Gasteiger partial charge on any atom is -0.383 e. The van der Waals surface area contributed by atoms with Crippen molar-refractivity contribution in [3.63, 3.8) is 0 Å². The lowest BCUT2D eigenvalue weighted by molar-refractivity contribution is 0.594. The lowest BCUT2D eigenvalue weighted by Crippen LogP contribution is -2.03. The largest absolute Gasteiger partial charge is 0.383 e. The summed E-state index contributed by atoms with van der Waals surface area (Å²) in [5.74, 6) is -0.179. The first-order chi connectivity index (χ1) is 8.74. The third-order valence-corrected chi connectivity index (χ3v) is 3.52. The highest BCUT2D eigenvalue weighted by Gasteiger charge is 2.01. The van der Waals surface area contributed by atoms with Crippen molar-refractivity contribution in [1.29, 1.82) is 0 Å². The van der Waals surface area contributed by atoms with Crippen LogP contribution in [0.3, 0.4) is 0 Å². The van der Waals surface area contributed by atoms with Crippen LogP contribution in [0.4, 0.5) is 10.1 Å². The number of anilines is 1. The summed E-state index contributed by atoms with van der Waals surface area (Å²) in [7, 11) is 0. The van der Waals surface area contributed by atoms with Crippen LogP contribution in [-0.2, 0) is 0 Å². The van der Waals surface area contributed by atoms with Crippen LogP contribution in [0.1, 0.15) is 51.9 Å². The van der Waals surface area contributed by atoms with Crippen molar-refractivity contribution in [3.8, 4) is 0 Å². The minimum atomic E-state index is -0.179. The summed E-state index contributed by atoms with van der Waals surface area (Å²) >= 11 is 3.35. The summed E-state index contributed by atoms with van der Waals surface area (Å²) in [6.45, 7) is 3.08. The molecule has 0 atom stereocenters. The normalized spacial score (nSPS) is 10.6. The molecule has 0 spiro atoms. The zero-order valence-electron chi connectivity index (χ0n) is 11.1. The number of benzene rings is 1. The molecular formula is C15H23BrFN. The molecule has 18 heavy (non-hydrogen) atoms. The second kappa shape index (κ2) is 9.37. The fourth-order valence-electron chi connectivity index (χ4n) is 1.94. The molecular weight excluding hydrogens is 293 g/mol. The van der Waals surface area contributed by atoms with Gasteiger partial charge in [0.2, 0.25) is 0 Å².